The molecule has 0 aliphatic carbocycles. The SMILES string of the molecule is CC(C)OC(=O)C1=CN(C(=O)c2ccc(F)c(F)c2)CC(C)(C)c2c1[nH]c1ccc(Cl)nc21. The summed E-state index contributed by atoms with van der Waals surface area (Å²) in [5.41, 5.74) is 1.80. The molecule has 0 fully saturated rings. The summed E-state index contributed by atoms with van der Waals surface area (Å²) in [5.74, 6) is -3.40. The van der Waals surface area contributed by atoms with Crippen LogP contribution in [0.4, 0.5) is 8.78 Å². The van der Waals surface area contributed by atoms with Gasteiger partial charge in [-0.2, -0.15) is 0 Å². The van der Waals surface area contributed by atoms with Gasteiger partial charge in [-0.25, -0.2) is 18.6 Å². The number of H-pyrrole nitrogens is 1. The summed E-state index contributed by atoms with van der Waals surface area (Å²) < 4.78 is 32.6. The van der Waals surface area contributed by atoms with Crippen LogP contribution in [0, 0.1) is 11.6 Å². The Balaban J connectivity index is 1.91. The van der Waals surface area contributed by atoms with Crippen molar-refractivity contribution in [2.75, 3.05) is 6.54 Å². The summed E-state index contributed by atoms with van der Waals surface area (Å²) >= 11 is 6.14. The summed E-state index contributed by atoms with van der Waals surface area (Å²) in [5, 5.41) is 0.286. The average Bonchev–Trinajstić information content (AvgIpc) is 3.05. The van der Waals surface area contributed by atoms with Gasteiger partial charge in [0.05, 0.1) is 28.4 Å². The standard InChI is InChI=1S/C24H22ClF2N3O3/c1-12(2)33-23(32)14-10-30(22(31)13-5-6-15(26)16(27)9-13)11-24(3,4)19-20(14)28-17-7-8-18(25)29-21(17)19/h5-10,12,28H,11H2,1-4H3. The summed E-state index contributed by atoms with van der Waals surface area (Å²) in [6.07, 6.45) is 0.990. The van der Waals surface area contributed by atoms with Gasteiger partial charge in [0, 0.05) is 29.3 Å². The highest BCUT2D eigenvalue weighted by Gasteiger charge is 2.38. The maximum Gasteiger partial charge on any atom is 0.342 e. The maximum absolute atomic E-state index is 13.8. The molecule has 4 rings (SSSR count). The maximum atomic E-state index is 13.8. The number of rotatable bonds is 3. The summed E-state index contributed by atoms with van der Waals surface area (Å²) in [7, 11) is 0. The minimum atomic E-state index is -1.13. The van der Waals surface area contributed by atoms with E-state index < -0.39 is 35.0 Å². The van der Waals surface area contributed by atoms with E-state index in [1.807, 2.05) is 13.8 Å². The Hall–Kier alpha value is -3.26. The number of carbonyl (C=O) groups is 2. The second kappa shape index (κ2) is 8.26. The lowest BCUT2D eigenvalue weighted by atomic mass is 9.83. The second-order valence-electron chi connectivity index (χ2n) is 8.85. The number of benzene rings is 1. The highest BCUT2D eigenvalue weighted by atomic mass is 35.5. The number of nitrogens with one attached hydrogen (secondary N) is 1. The predicted molar refractivity (Wildman–Crippen MR) is 121 cm³/mol. The molecular weight excluding hydrogens is 452 g/mol. The highest BCUT2D eigenvalue weighted by molar-refractivity contribution is 6.29. The zero-order valence-corrected chi connectivity index (χ0v) is 19.3. The normalized spacial score (nSPS) is 15.3. The summed E-state index contributed by atoms with van der Waals surface area (Å²) in [4.78, 5) is 35.3. The Labute approximate surface area is 194 Å². The van der Waals surface area contributed by atoms with Gasteiger partial charge in [0.1, 0.15) is 5.15 Å². The molecule has 0 bridgehead atoms. The number of hydrogen-bond donors (Lipinski definition) is 1. The van der Waals surface area contributed by atoms with E-state index in [1.54, 1.807) is 26.0 Å². The van der Waals surface area contributed by atoms with E-state index in [1.165, 1.54) is 17.2 Å². The number of esters is 1. The number of hydrogen-bond acceptors (Lipinski definition) is 4. The number of carbonyl (C=O) groups excluding carboxylic acids is 2. The van der Waals surface area contributed by atoms with Crippen molar-refractivity contribution in [1.29, 1.82) is 0 Å². The number of aromatic nitrogens is 2. The minimum absolute atomic E-state index is 0.0471. The van der Waals surface area contributed by atoms with Crippen LogP contribution in [0.2, 0.25) is 5.15 Å². The van der Waals surface area contributed by atoms with Gasteiger partial charge in [0.2, 0.25) is 0 Å². The predicted octanol–water partition coefficient (Wildman–Crippen LogP) is 5.22. The van der Waals surface area contributed by atoms with Gasteiger partial charge in [-0.1, -0.05) is 25.4 Å². The van der Waals surface area contributed by atoms with E-state index in [2.05, 4.69) is 9.97 Å². The lowest BCUT2D eigenvalue weighted by molar-refractivity contribution is -0.140. The first-order valence-electron chi connectivity index (χ1n) is 10.4. The lowest BCUT2D eigenvalue weighted by Crippen LogP contribution is -2.37. The molecule has 1 aliphatic heterocycles. The van der Waals surface area contributed by atoms with Gasteiger partial charge in [-0.15, -0.1) is 0 Å². The van der Waals surface area contributed by atoms with Crippen molar-refractivity contribution in [2.45, 2.75) is 39.2 Å². The van der Waals surface area contributed by atoms with Crippen LogP contribution in [-0.2, 0) is 14.9 Å². The van der Waals surface area contributed by atoms with Crippen LogP contribution in [0.15, 0.2) is 36.5 Å². The molecule has 9 heteroatoms. The third-order valence-corrected chi connectivity index (χ3v) is 5.60. The fraction of sp³-hybridized carbons (Fsp3) is 0.292. The van der Waals surface area contributed by atoms with Crippen LogP contribution in [0.3, 0.4) is 0 Å². The third kappa shape index (κ3) is 4.23. The molecule has 3 aromatic rings. The number of aromatic amines is 1. The molecule has 3 heterocycles. The molecule has 0 atom stereocenters. The Kier molecular flexibility index (Phi) is 5.74. The smallest absolute Gasteiger partial charge is 0.342 e. The molecule has 172 valence electrons. The monoisotopic (exact) mass is 473 g/mol. The Bertz CT molecular complexity index is 1310. The van der Waals surface area contributed by atoms with Crippen molar-refractivity contribution in [3.63, 3.8) is 0 Å². The Morgan fingerprint density at radius 1 is 1.18 bits per heavy atom. The molecule has 1 amide bonds. The van der Waals surface area contributed by atoms with Crippen molar-refractivity contribution in [3.8, 4) is 0 Å². The molecule has 0 unspecified atom stereocenters. The Morgan fingerprint density at radius 2 is 1.91 bits per heavy atom. The van der Waals surface area contributed by atoms with Crippen LogP contribution < -0.4 is 0 Å². The van der Waals surface area contributed by atoms with Gasteiger partial charge >= 0.3 is 5.97 Å². The number of nitrogens with zero attached hydrogens (tertiary/aromatic N) is 2. The van der Waals surface area contributed by atoms with Crippen LogP contribution in [-0.4, -0.2) is 39.4 Å². The number of fused-ring (bicyclic) bond motifs is 3. The largest absolute Gasteiger partial charge is 0.459 e. The van der Waals surface area contributed by atoms with E-state index in [9.17, 15) is 18.4 Å². The molecule has 1 N–H and O–H groups in total. The molecule has 0 saturated carbocycles. The molecule has 1 aliphatic rings. The fourth-order valence-electron chi connectivity index (χ4n) is 4.03. The van der Waals surface area contributed by atoms with Crippen molar-refractivity contribution >= 4 is 40.1 Å². The van der Waals surface area contributed by atoms with E-state index in [0.717, 1.165) is 12.1 Å². The molecule has 6 nitrogen and oxygen atoms in total. The number of ether oxygens (including phenoxy) is 1. The number of pyridine rings is 1. The van der Waals surface area contributed by atoms with Gasteiger partial charge in [0.25, 0.3) is 5.91 Å². The van der Waals surface area contributed by atoms with E-state index >= 15 is 0 Å². The summed E-state index contributed by atoms with van der Waals surface area (Å²) in [6.45, 7) is 7.38. The molecule has 0 saturated heterocycles. The first kappa shape index (κ1) is 22.9. The summed E-state index contributed by atoms with van der Waals surface area (Å²) in [6, 6.07) is 6.34. The molecule has 1 aromatic carbocycles. The lowest BCUT2D eigenvalue weighted by Gasteiger charge is -2.29. The van der Waals surface area contributed by atoms with Crippen molar-refractivity contribution in [3.05, 3.63) is 70.1 Å². The Morgan fingerprint density at radius 3 is 2.58 bits per heavy atom. The van der Waals surface area contributed by atoms with Crippen molar-refractivity contribution < 1.29 is 23.1 Å². The average molecular weight is 474 g/mol. The third-order valence-electron chi connectivity index (χ3n) is 5.39. The molecule has 33 heavy (non-hydrogen) atoms. The van der Waals surface area contributed by atoms with Crippen LogP contribution in [0.1, 0.15) is 49.3 Å². The first-order valence-corrected chi connectivity index (χ1v) is 10.7. The van der Waals surface area contributed by atoms with Crippen LogP contribution in [0.5, 0.6) is 0 Å². The first-order chi connectivity index (χ1) is 15.5. The molecule has 2 aromatic heterocycles. The van der Waals surface area contributed by atoms with Gasteiger partial charge < -0.3 is 14.6 Å². The second-order valence-corrected chi connectivity index (χ2v) is 9.24. The van der Waals surface area contributed by atoms with E-state index in [0.29, 0.717) is 22.3 Å². The van der Waals surface area contributed by atoms with Crippen molar-refractivity contribution in [1.82, 2.24) is 14.9 Å². The van der Waals surface area contributed by atoms with Gasteiger partial charge in [-0.3, -0.25) is 4.79 Å². The zero-order valence-electron chi connectivity index (χ0n) is 18.5. The van der Waals surface area contributed by atoms with Crippen molar-refractivity contribution in [2.24, 2.45) is 0 Å². The number of amides is 1. The van der Waals surface area contributed by atoms with Gasteiger partial charge in [0.15, 0.2) is 11.6 Å². The molecule has 0 radical (unpaired) electrons. The van der Waals surface area contributed by atoms with Crippen LogP contribution >= 0.6 is 11.6 Å². The quantitative estimate of drug-likeness (QED) is 0.418. The highest BCUT2D eigenvalue weighted by Crippen LogP contribution is 2.40. The molecular formula is C24H22ClF2N3O3. The zero-order chi connectivity index (χ0) is 24.1. The van der Waals surface area contributed by atoms with E-state index in [-0.39, 0.29) is 22.8 Å². The van der Waals surface area contributed by atoms with E-state index in [4.69, 9.17) is 16.3 Å². The number of halogens is 3. The molecule has 0 spiro atoms. The minimum Gasteiger partial charge on any atom is -0.459 e. The fourth-order valence-corrected chi connectivity index (χ4v) is 4.18. The van der Waals surface area contributed by atoms with Gasteiger partial charge in [-0.05, 0) is 44.2 Å². The van der Waals surface area contributed by atoms with Crippen LogP contribution in [0.25, 0.3) is 16.6 Å². The topological polar surface area (TPSA) is 75.3 Å².